The topological polar surface area (TPSA) is 59.6 Å². The van der Waals surface area contributed by atoms with Crippen molar-refractivity contribution >= 4 is 44.9 Å². The van der Waals surface area contributed by atoms with Crippen LogP contribution in [0.25, 0.3) is 0 Å². The second kappa shape index (κ2) is 13.0. The molecule has 0 aliphatic carbocycles. The lowest BCUT2D eigenvalue weighted by Crippen LogP contribution is -2.34. The molecule has 0 saturated carbocycles. The van der Waals surface area contributed by atoms with Crippen LogP contribution in [-0.4, -0.2) is 17.6 Å². The van der Waals surface area contributed by atoms with Crippen molar-refractivity contribution < 1.29 is 14.3 Å². The molecule has 0 fully saturated rings. The van der Waals surface area contributed by atoms with Crippen LogP contribution < -0.4 is 20.1 Å². The number of ether oxygens (including phenoxy) is 2. The van der Waals surface area contributed by atoms with E-state index < -0.39 is 0 Å². The maximum absolute atomic E-state index is 12.6. The summed E-state index contributed by atoms with van der Waals surface area (Å²) in [6.45, 7) is 2.84. The maximum atomic E-state index is 12.6. The molecular formula is C26H27BrN2O3S. The lowest BCUT2D eigenvalue weighted by Gasteiger charge is -2.12. The van der Waals surface area contributed by atoms with E-state index in [1.165, 1.54) is 12.8 Å². The summed E-state index contributed by atoms with van der Waals surface area (Å²) in [5, 5.41) is 5.92. The molecule has 0 aliphatic heterocycles. The number of amides is 1. The van der Waals surface area contributed by atoms with Crippen molar-refractivity contribution in [2.24, 2.45) is 0 Å². The molecule has 0 heterocycles. The highest BCUT2D eigenvalue weighted by molar-refractivity contribution is 9.10. The van der Waals surface area contributed by atoms with Crippen LogP contribution in [0.4, 0.5) is 5.69 Å². The maximum Gasteiger partial charge on any atom is 0.257 e. The van der Waals surface area contributed by atoms with Gasteiger partial charge in [0.2, 0.25) is 0 Å². The summed E-state index contributed by atoms with van der Waals surface area (Å²) in [6, 6.07) is 22.1. The van der Waals surface area contributed by atoms with Crippen LogP contribution in [0.5, 0.6) is 17.2 Å². The van der Waals surface area contributed by atoms with Crippen molar-refractivity contribution in [1.82, 2.24) is 5.32 Å². The second-order valence-corrected chi connectivity index (χ2v) is 8.66. The Kier molecular flexibility index (Phi) is 9.72. The molecule has 2 N–H and O–H groups in total. The van der Waals surface area contributed by atoms with Gasteiger partial charge in [0, 0.05) is 11.3 Å². The van der Waals surface area contributed by atoms with Gasteiger partial charge in [-0.25, -0.2) is 0 Å². The fourth-order valence-electron chi connectivity index (χ4n) is 3.04. The van der Waals surface area contributed by atoms with Gasteiger partial charge in [-0.05, 0) is 89.2 Å². The van der Waals surface area contributed by atoms with E-state index in [-0.39, 0.29) is 11.0 Å². The molecule has 172 valence electrons. The van der Waals surface area contributed by atoms with Gasteiger partial charge in [0.1, 0.15) is 17.2 Å². The summed E-state index contributed by atoms with van der Waals surface area (Å²) < 4.78 is 12.3. The molecule has 0 bridgehead atoms. The van der Waals surface area contributed by atoms with E-state index >= 15 is 0 Å². The minimum Gasteiger partial charge on any atom is -0.492 e. The zero-order valence-corrected chi connectivity index (χ0v) is 20.9. The number of carbonyl (C=O) groups excluding carboxylic acids is 1. The molecule has 1 amide bonds. The van der Waals surface area contributed by atoms with Crippen LogP contribution in [0.1, 0.15) is 43.0 Å². The zero-order chi connectivity index (χ0) is 23.5. The molecule has 3 aromatic carbocycles. The van der Waals surface area contributed by atoms with Crippen molar-refractivity contribution in [2.45, 2.75) is 32.6 Å². The Labute approximate surface area is 208 Å². The molecule has 0 aromatic heterocycles. The summed E-state index contributed by atoms with van der Waals surface area (Å²) >= 11 is 8.77. The Hall–Kier alpha value is -2.90. The van der Waals surface area contributed by atoms with Crippen LogP contribution in [0.15, 0.2) is 77.3 Å². The molecule has 3 rings (SSSR count). The number of carbonyl (C=O) groups is 1. The average Bonchev–Trinajstić information content (AvgIpc) is 2.81. The van der Waals surface area contributed by atoms with Crippen molar-refractivity contribution in [3.8, 4) is 17.2 Å². The highest BCUT2D eigenvalue weighted by Crippen LogP contribution is 2.26. The summed E-state index contributed by atoms with van der Waals surface area (Å²) in [5.41, 5.74) is 1.23. The van der Waals surface area contributed by atoms with Gasteiger partial charge in [-0.2, -0.15) is 0 Å². The zero-order valence-electron chi connectivity index (χ0n) is 18.5. The largest absolute Gasteiger partial charge is 0.492 e. The first-order valence-corrected chi connectivity index (χ1v) is 12.1. The van der Waals surface area contributed by atoms with E-state index in [1.54, 1.807) is 18.2 Å². The normalized spacial score (nSPS) is 10.4. The van der Waals surface area contributed by atoms with Crippen LogP contribution >= 0.6 is 28.1 Å². The quantitative estimate of drug-likeness (QED) is 0.214. The predicted molar refractivity (Wildman–Crippen MR) is 140 cm³/mol. The van der Waals surface area contributed by atoms with E-state index in [4.69, 9.17) is 21.7 Å². The summed E-state index contributed by atoms with van der Waals surface area (Å²) in [4.78, 5) is 12.6. The smallest absolute Gasteiger partial charge is 0.257 e. The minimum atomic E-state index is -0.299. The van der Waals surface area contributed by atoms with E-state index in [0.29, 0.717) is 17.9 Å². The Balaban J connectivity index is 1.48. The van der Waals surface area contributed by atoms with Crippen molar-refractivity contribution in [3.63, 3.8) is 0 Å². The Morgan fingerprint density at radius 2 is 1.67 bits per heavy atom. The van der Waals surface area contributed by atoms with Gasteiger partial charge in [-0.1, -0.05) is 44.4 Å². The van der Waals surface area contributed by atoms with E-state index in [0.717, 1.165) is 34.5 Å². The third-order valence-corrected chi connectivity index (χ3v) is 5.59. The predicted octanol–water partition coefficient (Wildman–Crippen LogP) is 7.33. The number of nitrogens with one attached hydrogen (secondary N) is 2. The molecule has 5 nitrogen and oxygen atoms in total. The van der Waals surface area contributed by atoms with E-state index in [9.17, 15) is 4.79 Å². The van der Waals surface area contributed by atoms with Crippen molar-refractivity contribution in [3.05, 3.63) is 82.8 Å². The van der Waals surface area contributed by atoms with Crippen LogP contribution in [0.2, 0.25) is 0 Å². The van der Waals surface area contributed by atoms with Gasteiger partial charge >= 0.3 is 0 Å². The monoisotopic (exact) mass is 526 g/mol. The van der Waals surface area contributed by atoms with Crippen LogP contribution in [0.3, 0.4) is 0 Å². The standard InChI is InChI=1S/C26H27BrN2O3S/c1-2-3-4-8-17-31-24-16-11-19(18-23(24)27)25(30)29-26(33)28-20-12-14-22(15-13-20)32-21-9-6-5-7-10-21/h5-7,9-16,18H,2-4,8,17H2,1H3,(H2,28,29,30,33). The fourth-order valence-corrected chi connectivity index (χ4v) is 3.74. The van der Waals surface area contributed by atoms with Crippen molar-refractivity contribution in [1.29, 1.82) is 0 Å². The van der Waals surface area contributed by atoms with Gasteiger partial charge < -0.3 is 14.8 Å². The summed E-state index contributed by atoms with van der Waals surface area (Å²) in [6.07, 6.45) is 4.57. The molecular weight excluding hydrogens is 500 g/mol. The number of hydrogen-bond donors (Lipinski definition) is 2. The lowest BCUT2D eigenvalue weighted by molar-refractivity contribution is 0.0977. The van der Waals surface area contributed by atoms with Gasteiger partial charge in [0.05, 0.1) is 11.1 Å². The first kappa shape index (κ1) is 24.7. The molecule has 0 spiro atoms. The Morgan fingerprint density at radius 3 is 2.36 bits per heavy atom. The third kappa shape index (κ3) is 8.18. The number of unbranched alkanes of at least 4 members (excludes halogenated alkanes) is 3. The Morgan fingerprint density at radius 1 is 0.939 bits per heavy atom. The molecule has 0 radical (unpaired) electrons. The fraction of sp³-hybridized carbons (Fsp3) is 0.231. The number of thiocarbonyl (C=S) groups is 1. The van der Waals surface area contributed by atoms with Gasteiger partial charge in [0.25, 0.3) is 5.91 Å². The number of benzene rings is 3. The molecule has 3 aromatic rings. The highest BCUT2D eigenvalue weighted by atomic mass is 79.9. The van der Waals surface area contributed by atoms with Gasteiger partial charge in [-0.3, -0.25) is 10.1 Å². The van der Waals surface area contributed by atoms with Crippen LogP contribution in [-0.2, 0) is 0 Å². The molecule has 0 saturated heterocycles. The van der Waals surface area contributed by atoms with Gasteiger partial charge in [-0.15, -0.1) is 0 Å². The SMILES string of the molecule is CCCCCCOc1ccc(C(=O)NC(=S)Nc2ccc(Oc3ccccc3)cc2)cc1Br. The minimum absolute atomic E-state index is 0.212. The number of para-hydroxylation sites is 1. The molecule has 0 atom stereocenters. The van der Waals surface area contributed by atoms with Crippen LogP contribution in [0, 0.1) is 0 Å². The number of anilines is 1. The number of rotatable bonds is 10. The highest BCUT2D eigenvalue weighted by Gasteiger charge is 2.11. The first-order chi connectivity index (χ1) is 16.0. The average molecular weight is 527 g/mol. The van der Waals surface area contributed by atoms with E-state index in [2.05, 4.69) is 33.5 Å². The second-order valence-electron chi connectivity index (χ2n) is 7.40. The molecule has 33 heavy (non-hydrogen) atoms. The van der Waals surface area contributed by atoms with Crippen molar-refractivity contribution in [2.75, 3.05) is 11.9 Å². The lowest BCUT2D eigenvalue weighted by atomic mass is 10.2. The Bertz CT molecular complexity index is 1060. The summed E-state index contributed by atoms with van der Waals surface area (Å²) in [7, 11) is 0. The van der Waals surface area contributed by atoms with E-state index in [1.807, 2.05) is 54.6 Å². The third-order valence-electron chi connectivity index (χ3n) is 4.77. The molecule has 0 unspecified atom stereocenters. The number of halogens is 1. The van der Waals surface area contributed by atoms with Gasteiger partial charge in [0.15, 0.2) is 5.11 Å². The summed E-state index contributed by atoms with van der Waals surface area (Å²) in [5.74, 6) is 1.90. The number of hydrogen-bond acceptors (Lipinski definition) is 4. The molecule has 7 heteroatoms. The molecule has 0 aliphatic rings. The first-order valence-electron chi connectivity index (χ1n) is 10.9.